The van der Waals surface area contributed by atoms with E-state index in [-0.39, 0.29) is 42.0 Å². The van der Waals surface area contributed by atoms with E-state index >= 15 is 0 Å². The van der Waals surface area contributed by atoms with Crippen molar-refractivity contribution in [3.8, 4) is 0 Å². The Morgan fingerprint density at radius 1 is 1.31 bits per heavy atom. The number of rotatable bonds is 7. The van der Waals surface area contributed by atoms with Crippen LogP contribution in [0.2, 0.25) is 0 Å². The Hall–Kier alpha value is -1.02. The summed E-state index contributed by atoms with van der Waals surface area (Å²) in [6.45, 7) is 12.1. The lowest BCUT2D eigenvalue weighted by Gasteiger charge is -2.23. The molecule has 0 aromatic heterocycles. The zero-order valence-electron chi connectivity index (χ0n) is 16.6. The zero-order chi connectivity index (χ0) is 18.3. The van der Waals surface area contributed by atoms with Crippen molar-refractivity contribution in [1.29, 1.82) is 0 Å². The topological polar surface area (TPSA) is 59.9 Å². The van der Waals surface area contributed by atoms with Gasteiger partial charge in [-0.3, -0.25) is 4.99 Å². The summed E-state index contributed by atoms with van der Waals surface area (Å²) in [4.78, 5) is 7.10. The summed E-state index contributed by atoms with van der Waals surface area (Å²) in [5.74, 6) is 0.795. The Bertz CT molecular complexity index is 571. The van der Waals surface area contributed by atoms with Crippen LogP contribution in [0.5, 0.6) is 0 Å². The Labute approximate surface area is 175 Å². The molecule has 0 amide bonds. The number of guanidine groups is 1. The van der Waals surface area contributed by atoms with Gasteiger partial charge in [-0.15, -0.1) is 24.0 Å². The van der Waals surface area contributed by atoms with Crippen LogP contribution in [0, 0.1) is 5.41 Å². The second-order valence-corrected chi connectivity index (χ2v) is 7.67. The highest BCUT2D eigenvalue weighted by Gasteiger charge is 2.17. The third-order valence-electron chi connectivity index (χ3n) is 4.63. The molecule has 1 heterocycles. The van der Waals surface area contributed by atoms with Crippen LogP contribution in [0.25, 0.3) is 0 Å². The van der Waals surface area contributed by atoms with Crippen LogP contribution in [0.4, 0.5) is 5.69 Å². The number of halogens is 1. The van der Waals surface area contributed by atoms with E-state index < -0.39 is 0 Å². The molecule has 0 saturated carbocycles. The summed E-state index contributed by atoms with van der Waals surface area (Å²) in [6, 6.07) is 8.95. The first-order chi connectivity index (χ1) is 11.9. The maximum atomic E-state index is 9.42. The van der Waals surface area contributed by atoms with E-state index in [4.69, 9.17) is 0 Å². The summed E-state index contributed by atoms with van der Waals surface area (Å²) in [5.41, 5.74) is 2.37. The number of anilines is 1. The van der Waals surface area contributed by atoms with Crippen molar-refractivity contribution in [1.82, 2.24) is 10.6 Å². The molecule has 1 fully saturated rings. The van der Waals surface area contributed by atoms with Crippen molar-refractivity contribution < 1.29 is 5.11 Å². The third kappa shape index (κ3) is 6.95. The molecular formula is C20H35IN4O. The van der Waals surface area contributed by atoms with Crippen molar-refractivity contribution in [2.45, 2.75) is 46.6 Å². The Balaban J connectivity index is 0.00000338. The lowest BCUT2D eigenvalue weighted by molar-refractivity contribution is 0.167. The minimum atomic E-state index is -0.207. The standard InChI is InChI=1S/C20H34N4O.HI/c1-5-21-19(22-14-20(3,4)15-25)23-16(2)17-9-8-10-18(13-17)24-11-6-7-12-24;/h8-10,13,16,25H,5-7,11-12,14-15H2,1-4H3,(H2,21,22,23);1H. The predicted octanol–water partition coefficient (Wildman–Crippen LogP) is 3.54. The van der Waals surface area contributed by atoms with Crippen molar-refractivity contribution >= 4 is 35.6 Å². The van der Waals surface area contributed by atoms with E-state index in [0.29, 0.717) is 6.54 Å². The maximum Gasteiger partial charge on any atom is 0.191 e. The van der Waals surface area contributed by atoms with Crippen molar-refractivity contribution in [3.05, 3.63) is 29.8 Å². The van der Waals surface area contributed by atoms with Gasteiger partial charge in [0, 0.05) is 37.3 Å². The van der Waals surface area contributed by atoms with Gasteiger partial charge >= 0.3 is 0 Å². The molecule has 5 nitrogen and oxygen atoms in total. The normalized spacial score (nSPS) is 16.2. The van der Waals surface area contributed by atoms with Gasteiger partial charge in [0.2, 0.25) is 0 Å². The fourth-order valence-corrected chi connectivity index (χ4v) is 2.92. The smallest absolute Gasteiger partial charge is 0.191 e. The second kappa shape index (κ2) is 11.0. The number of nitrogens with zero attached hydrogens (tertiary/aromatic N) is 2. The molecule has 1 aromatic carbocycles. The average Bonchev–Trinajstić information content (AvgIpc) is 3.15. The van der Waals surface area contributed by atoms with E-state index in [9.17, 15) is 5.11 Å². The molecule has 26 heavy (non-hydrogen) atoms. The number of hydrogen-bond donors (Lipinski definition) is 3. The first kappa shape index (κ1) is 23.0. The quantitative estimate of drug-likeness (QED) is 0.322. The molecule has 1 unspecified atom stereocenters. The first-order valence-electron chi connectivity index (χ1n) is 9.46. The van der Waals surface area contributed by atoms with Gasteiger partial charge < -0.3 is 20.6 Å². The monoisotopic (exact) mass is 474 g/mol. The van der Waals surface area contributed by atoms with Crippen LogP contribution < -0.4 is 15.5 Å². The highest BCUT2D eigenvalue weighted by Crippen LogP contribution is 2.24. The highest BCUT2D eigenvalue weighted by molar-refractivity contribution is 14.0. The van der Waals surface area contributed by atoms with Crippen LogP contribution in [-0.4, -0.2) is 43.9 Å². The average molecular weight is 474 g/mol. The summed E-state index contributed by atoms with van der Waals surface area (Å²) >= 11 is 0. The van der Waals surface area contributed by atoms with Gasteiger partial charge in [-0.1, -0.05) is 26.0 Å². The van der Waals surface area contributed by atoms with E-state index in [1.165, 1.54) is 24.1 Å². The molecule has 1 aromatic rings. The largest absolute Gasteiger partial charge is 0.396 e. The van der Waals surface area contributed by atoms with Crippen LogP contribution in [0.15, 0.2) is 29.3 Å². The Morgan fingerprint density at radius 2 is 2.00 bits per heavy atom. The first-order valence-corrected chi connectivity index (χ1v) is 9.46. The number of hydrogen-bond acceptors (Lipinski definition) is 3. The molecule has 0 radical (unpaired) electrons. The van der Waals surface area contributed by atoms with E-state index in [1.54, 1.807) is 0 Å². The molecular weight excluding hydrogens is 439 g/mol. The third-order valence-corrected chi connectivity index (χ3v) is 4.63. The number of aliphatic imine (C=N–C) groups is 1. The number of aliphatic hydroxyl groups excluding tert-OH is 1. The number of nitrogens with one attached hydrogen (secondary N) is 2. The van der Waals surface area contributed by atoms with Crippen LogP contribution >= 0.6 is 24.0 Å². The molecule has 0 spiro atoms. The second-order valence-electron chi connectivity index (χ2n) is 7.67. The fraction of sp³-hybridized carbons (Fsp3) is 0.650. The minimum Gasteiger partial charge on any atom is -0.396 e. The van der Waals surface area contributed by atoms with Crippen molar-refractivity contribution in [2.75, 3.05) is 37.7 Å². The predicted molar refractivity (Wildman–Crippen MR) is 122 cm³/mol. The molecule has 0 aliphatic carbocycles. The van der Waals surface area contributed by atoms with Gasteiger partial charge in [0.15, 0.2) is 5.96 Å². The SMILES string of the molecule is CCNC(=NCC(C)(C)CO)NC(C)c1cccc(N2CCCC2)c1.I. The maximum absolute atomic E-state index is 9.42. The van der Waals surface area contributed by atoms with Gasteiger partial charge in [0.05, 0.1) is 12.6 Å². The summed E-state index contributed by atoms with van der Waals surface area (Å²) in [5, 5.41) is 16.2. The van der Waals surface area contributed by atoms with Gasteiger partial charge in [-0.05, 0) is 44.4 Å². The lowest BCUT2D eigenvalue weighted by atomic mass is 9.95. The Kier molecular flexibility index (Phi) is 9.71. The van der Waals surface area contributed by atoms with Gasteiger partial charge in [-0.25, -0.2) is 0 Å². The minimum absolute atomic E-state index is 0. The fourth-order valence-electron chi connectivity index (χ4n) is 2.92. The van der Waals surface area contributed by atoms with Crippen LogP contribution in [0.1, 0.15) is 52.1 Å². The summed E-state index contributed by atoms with van der Waals surface area (Å²) in [6.07, 6.45) is 2.58. The highest BCUT2D eigenvalue weighted by atomic mass is 127. The molecule has 1 atom stereocenters. The van der Waals surface area contributed by atoms with Crippen molar-refractivity contribution in [3.63, 3.8) is 0 Å². The molecule has 148 valence electrons. The molecule has 3 N–H and O–H groups in total. The zero-order valence-corrected chi connectivity index (χ0v) is 18.9. The molecule has 1 aliphatic heterocycles. The van der Waals surface area contributed by atoms with E-state index in [2.05, 4.69) is 58.6 Å². The number of aliphatic hydroxyl groups is 1. The molecule has 2 rings (SSSR count). The summed E-state index contributed by atoms with van der Waals surface area (Å²) < 4.78 is 0. The van der Waals surface area contributed by atoms with Gasteiger partial charge in [-0.2, -0.15) is 0 Å². The molecule has 0 bridgehead atoms. The Morgan fingerprint density at radius 3 is 2.62 bits per heavy atom. The van der Waals surface area contributed by atoms with Crippen LogP contribution in [0.3, 0.4) is 0 Å². The van der Waals surface area contributed by atoms with E-state index in [0.717, 1.165) is 25.6 Å². The van der Waals surface area contributed by atoms with Crippen molar-refractivity contribution in [2.24, 2.45) is 10.4 Å². The van der Waals surface area contributed by atoms with Gasteiger partial charge in [0.25, 0.3) is 0 Å². The van der Waals surface area contributed by atoms with E-state index in [1.807, 2.05) is 13.8 Å². The molecule has 1 aliphatic rings. The molecule has 1 saturated heterocycles. The number of benzene rings is 1. The summed E-state index contributed by atoms with van der Waals surface area (Å²) in [7, 11) is 0. The molecule has 6 heteroatoms. The lowest BCUT2D eigenvalue weighted by Crippen LogP contribution is -2.39. The van der Waals surface area contributed by atoms with Crippen LogP contribution in [-0.2, 0) is 0 Å². The van der Waals surface area contributed by atoms with Gasteiger partial charge in [0.1, 0.15) is 0 Å².